The first kappa shape index (κ1) is 12.3. The topological polar surface area (TPSA) is 17.1 Å². The first-order valence-electron chi connectivity index (χ1n) is 6.02. The van der Waals surface area contributed by atoms with E-state index in [1.165, 1.54) is 12.8 Å². The molecule has 0 amide bonds. The second kappa shape index (κ2) is 5.35. The van der Waals surface area contributed by atoms with Gasteiger partial charge in [-0.3, -0.25) is 4.79 Å². The third-order valence-corrected chi connectivity index (χ3v) is 2.77. The van der Waals surface area contributed by atoms with E-state index in [0.717, 1.165) is 19.3 Å². The van der Waals surface area contributed by atoms with Gasteiger partial charge in [0.2, 0.25) is 0 Å². The van der Waals surface area contributed by atoms with Crippen LogP contribution in [0.25, 0.3) is 0 Å². The molecule has 0 spiro atoms. The summed E-state index contributed by atoms with van der Waals surface area (Å²) in [4.78, 5) is 11.7. The Balaban J connectivity index is 2.24. The van der Waals surface area contributed by atoms with Crippen LogP contribution in [0, 0.1) is 23.2 Å². The van der Waals surface area contributed by atoms with E-state index >= 15 is 0 Å². The van der Waals surface area contributed by atoms with Gasteiger partial charge in [0.15, 0.2) is 0 Å². The number of rotatable bonds is 3. The SMILES string of the molecule is CC(C)(C)C#CCCC(=O)C1CCCC1. The molecule has 1 saturated carbocycles. The van der Waals surface area contributed by atoms with Crippen molar-refractivity contribution in [1.29, 1.82) is 0 Å². The summed E-state index contributed by atoms with van der Waals surface area (Å²) in [5.74, 6) is 7.08. The van der Waals surface area contributed by atoms with Gasteiger partial charge in [-0.2, -0.15) is 0 Å². The molecule has 0 aliphatic heterocycles. The molecule has 84 valence electrons. The normalized spacial score (nSPS) is 17.3. The summed E-state index contributed by atoms with van der Waals surface area (Å²) < 4.78 is 0. The van der Waals surface area contributed by atoms with E-state index in [1.54, 1.807) is 0 Å². The van der Waals surface area contributed by atoms with Crippen molar-refractivity contribution in [2.45, 2.75) is 59.3 Å². The van der Waals surface area contributed by atoms with E-state index in [0.29, 0.717) is 18.1 Å². The lowest BCUT2D eigenvalue weighted by atomic mass is 9.96. The summed E-state index contributed by atoms with van der Waals surface area (Å²) in [5, 5.41) is 0. The van der Waals surface area contributed by atoms with E-state index in [4.69, 9.17) is 0 Å². The molecule has 0 N–H and O–H groups in total. The summed E-state index contributed by atoms with van der Waals surface area (Å²) in [6.45, 7) is 6.29. The molecule has 0 saturated heterocycles. The lowest BCUT2D eigenvalue weighted by Gasteiger charge is -2.07. The average molecular weight is 206 g/mol. The lowest BCUT2D eigenvalue weighted by molar-refractivity contribution is -0.122. The Morgan fingerprint density at radius 1 is 1.27 bits per heavy atom. The zero-order chi connectivity index (χ0) is 11.3. The molecular weight excluding hydrogens is 184 g/mol. The van der Waals surface area contributed by atoms with Crippen molar-refractivity contribution in [2.24, 2.45) is 11.3 Å². The smallest absolute Gasteiger partial charge is 0.136 e. The molecule has 15 heavy (non-hydrogen) atoms. The Hall–Kier alpha value is -0.770. The molecule has 1 fully saturated rings. The zero-order valence-electron chi connectivity index (χ0n) is 10.2. The third-order valence-electron chi connectivity index (χ3n) is 2.77. The summed E-state index contributed by atoms with van der Waals surface area (Å²) in [5.41, 5.74) is 0.0659. The van der Waals surface area contributed by atoms with E-state index in [-0.39, 0.29) is 5.41 Å². The Kier molecular flexibility index (Phi) is 4.39. The van der Waals surface area contributed by atoms with Crippen LogP contribution in [0.4, 0.5) is 0 Å². The Bertz CT molecular complexity index is 266. The summed E-state index contributed by atoms with van der Waals surface area (Å²) in [6.07, 6.45) is 6.12. The fourth-order valence-corrected chi connectivity index (χ4v) is 1.97. The molecular formula is C14H22O. The molecule has 0 aromatic carbocycles. The standard InChI is InChI=1S/C14H22O/c1-14(2,3)11-7-6-10-13(15)12-8-4-5-9-12/h12H,4-6,8-10H2,1-3H3. The quantitative estimate of drug-likeness (QED) is 0.645. The average Bonchev–Trinajstić information content (AvgIpc) is 2.63. The van der Waals surface area contributed by atoms with Gasteiger partial charge in [-0.15, -0.1) is 5.92 Å². The maximum absolute atomic E-state index is 11.7. The second-order valence-corrected chi connectivity index (χ2v) is 5.50. The molecule has 1 rings (SSSR count). The highest BCUT2D eigenvalue weighted by Gasteiger charge is 2.21. The molecule has 0 unspecified atom stereocenters. The predicted octanol–water partition coefficient (Wildman–Crippen LogP) is 3.58. The second-order valence-electron chi connectivity index (χ2n) is 5.50. The number of ketones is 1. The molecule has 0 aromatic rings. The van der Waals surface area contributed by atoms with Gasteiger partial charge in [0.25, 0.3) is 0 Å². The predicted molar refractivity (Wildman–Crippen MR) is 63.4 cm³/mol. The largest absolute Gasteiger partial charge is 0.299 e. The molecule has 0 bridgehead atoms. The van der Waals surface area contributed by atoms with E-state index in [1.807, 2.05) is 0 Å². The minimum Gasteiger partial charge on any atom is -0.299 e. The van der Waals surface area contributed by atoms with Crippen LogP contribution >= 0.6 is 0 Å². The first-order chi connectivity index (χ1) is 6.99. The van der Waals surface area contributed by atoms with Gasteiger partial charge in [0.1, 0.15) is 5.78 Å². The number of carbonyl (C=O) groups excluding carboxylic acids is 1. The van der Waals surface area contributed by atoms with Crippen LogP contribution in [-0.4, -0.2) is 5.78 Å². The fourth-order valence-electron chi connectivity index (χ4n) is 1.97. The van der Waals surface area contributed by atoms with Gasteiger partial charge >= 0.3 is 0 Å². The maximum atomic E-state index is 11.7. The van der Waals surface area contributed by atoms with Crippen LogP contribution in [0.1, 0.15) is 59.3 Å². The van der Waals surface area contributed by atoms with Crippen LogP contribution in [0.3, 0.4) is 0 Å². The number of hydrogen-bond acceptors (Lipinski definition) is 1. The summed E-state index contributed by atoms with van der Waals surface area (Å²) in [7, 11) is 0. The summed E-state index contributed by atoms with van der Waals surface area (Å²) in [6, 6.07) is 0. The summed E-state index contributed by atoms with van der Waals surface area (Å²) >= 11 is 0. The first-order valence-corrected chi connectivity index (χ1v) is 6.02. The van der Waals surface area contributed by atoms with Crippen LogP contribution < -0.4 is 0 Å². The van der Waals surface area contributed by atoms with Gasteiger partial charge in [-0.25, -0.2) is 0 Å². The molecule has 1 nitrogen and oxygen atoms in total. The van der Waals surface area contributed by atoms with Crippen LogP contribution in [-0.2, 0) is 4.79 Å². The van der Waals surface area contributed by atoms with Crippen molar-refractivity contribution < 1.29 is 4.79 Å². The van der Waals surface area contributed by atoms with E-state index in [2.05, 4.69) is 32.6 Å². The Morgan fingerprint density at radius 2 is 1.87 bits per heavy atom. The lowest BCUT2D eigenvalue weighted by Crippen LogP contribution is -2.09. The van der Waals surface area contributed by atoms with Crippen LogP contribution in [0.15, 0.2) is 0 Å². The van der Waals surface area contributed by atoms with Crippen molar-refractivity contribution in [2.75, 3.05) is 0 Å². The van der Waals surface area contributed by atoms with Crippen LogP contribution in [0.5, 0.6) is 0 Å². The minimum atomic E-state index is 0.0659. The molecule has 0 aromatic heterocycles. The third kappa shape index (κ3) is 5.02. The fraction of sp³-hybridized carbons (Fsp3) is 0.786. The Morgan fingerprint density at radius 3 is 2.40 bits per heavy atom. The highest BCUT2D eigenvalue weighted by atomic mass is 16.1. The molecule has 1 aliphatic rings. The molecule has 1 heteroatoms. The monoisotopic (exact) mass is 206 g/mol. The highest BCUT2D eigenvalue weighted by molar-refractivity contribution is 5.81. The Labute approximate surface area is 93.6 Å². The number of Topliss-reactive ketones (excluding diaryl/α,β-unsaturated/α-hetero) is 1. The number of hydrogen-bond donors (Lipinski definition) is 0. The highest BCUT2D eigenvalue weighted by Crippen LogP contribution is 2.26. The van der Waals surface area contributed by atoms with Gasteiger partial charge < -0.3 is 0 Å². The molecule has 0 heterocycles. The van der Waals surface area contributed by atoms with E-state index in [9.17, 15) is 4.79 Å². The van der Waals surface area contributed by atoms with Gasteiger partial charge in [0.05, 0.1) is 0 Å². The van der Waals surface area contributed by atoms with Gasteiger partial charge in [0, 0.05) is 24.2 Å². The molecule has 1 aliphatic carbocycles. The maximum Gasteiger partial charge on any atom is 0.136 e. The van der Waals surface area contributed by atoms with Crippen LogP contribution in [0.2, 0.25) is 0 Å². The molecule has 0 radical (unpaired) electrons. The minimum absolute atomic E-state index is 0.0659. The van der Waals surface area contributed by atoms with Crippen molar-refractivity contribution in [3.63, 3.8) is 0 Å². The zero-order valence-corrected chi connectivity index (χ0v) is 10.2. The van der Waals surface area contributed by atoms with Gasteiger partial charge in [-0.1, -0.05) is 18.8 Å². The van der Waals surface area contributed by atoms with Gasteiger partial charge in [-0.05, 0) is 33.6 Å². The molecule has 0 atom stereocenters. The van der Waals surface area contributed by atoms with Crippen molar-refractivity contribution in [1.82, 2.24) is 0 Å². The van der Waals surface area contributed by atoms with E-state index < -0.39 is 0 Å². The number of carbonyl (C=O) groups is 1. The van der Waals surface area contributed by atoms with Crippen molar-refractivity contribution >= 4 is 5.78 Å². The van der Waals surface area contributed by atoms with Crippen molar-refractivity contribution in [3.05, 3.63) is 0 Å². The van der Waals surface area contributed by atoms with Crippen molar-refractivity contribution in [3.8, 4) is 11.8 Å².